The zero-order chi connectivity index (χ0) is 12.6. The molecule has 0 fully saturated rings. The van der Waals surface area contributed by atoms with Crippen molar-refractivity contribution in [1.82, 2.24) is 10.6 Å². The number of ether oxygens (including phenoxy) is 1. The van der Waals surface area contributed by atoms with Gasteiger partial charge >= 0.3 is 0 Å². The lowest BCUT2D eigenvalue weighted by molar-refractivity contribution is 0.0426. The molecule has 0 spiro atoms. The summed E-state index contributed by atoms with van der Waals surface area (Å²) >= 11 is 0. The summed E-state index contributed by atoms with van der Waals surface area (Å²) in [6, 6.07) is 8.63. The molecular formula is C15H24N2O. The zero-order valence-electron chi connectivity index (χ0n) is 11.2. The summed E-state index contributed by atoms with van der Waals surface area (Å²) in [6.45, 7) is 7.10. The van der Waals surface area contributed by atoms with Gasteiger partial charge in [-0.05, 0) is 43.6 Å². The van der Waals surface area contributed by atoms with E-state index in [-0.39, 0.29) is 6.10 Å². The SMILES string of the molecule is CCNCCCNCC1OCCc2ccccc21. The molecule has 0 aromatic heterocycles. The highest BCUT2D eigenvalue weighted by molar-refractivity contribution is 5.31. The molecule has 0 radical (unpaired) electrons. The molecule has 0 aliphatic carbocycles. The standard InChI is InChI=1S/C15H24N2O/c1-2-16-9-5-10-17-12-15-14-7-4-3-6-13(14)8-11-18-15/h3-4,6-7,15-17H,2,5,8-12H2,1H3. The molecule has 1 aliphatic rings. The molecule has 3 heteroatoms. The van der Waals surface area contributed by atoms with E-state index >= 15 is 0 Å². The smallest absolute Gasteiger partial charge is 0.0952 e. The van der Waals surface area contributed by atoms with Gasteiger partial charge in [-0.3, -0.25) is 0 Å². The molecule has 1 heterocycles. The monoisotopic (exact) mass is 248 g/mol. The van der Waals surface area contributed by atoms with E-state index in [0.29, 0.717) is 0 Å². The first kappa shape index (κ1) is 13.5. The minimum Gasteiger partial charge on any atom is -0.372 e. The van der Waals surface area contributed by atoms with Crippen LogP contribution >= 0.6 is 0 Å². The molecule has 100 valence electrons. The molecule has 1 unspecified atom stereocenters. The first-order chi connectivity index (χ1) is 8.92. The van der Waals surface area contributed by atoms with Crippen LogP contribution in [-0.4, -0.2) is 32.8 Å². The summed E-state index contributed by atoms with van der Waals surface area (Å²) in [7, 11) is 0. The van der Waals surface area contributed by atoms with Crippen molar-refractivity contribution in [1.29, 1.82) is 0 Å². The molecule has 3 nitrogen and oxygen atoms in total. The van der Waals surface area contributed by atoms with E-state index in [1.807, 2.05) is 0 Å². The van der Waals surface area contributed by atoms with E-state index in [2.05, 4.69) is 41.8 Å². The van der Waals surface area contributed by atoms with Crippen molar-refractivity contribution in [3.63, 3.8) is 0 Å². The first-order valence-corrected chi connectivity index (χ1v) is 7.02. The Morgan fingerprint density at radius 2 is 2.06 bits per heavy atom. The second-order valence-electron chi connectivity index (χ2n) is 4.72. The van der Waals surface area contributed by atoms with Gasteiger partial charge in [0.2, 0.25) is 0 Å². The van der Waals surface area contributed by atoms with E-state index < -0.39 is 0 Å². The summed E-state index contributed by atoms with van der Waals surface area (Å²) < 4.78 is 5.85. The number of hydrogen-bond donors (Lipinski definition) is 2. The van der Waals surface area contributed by atoms with Crippen LogP contribution in [0.15, 0.2) is 24.3 Å². The van der Waals surface area contributed by atoms with Crippen LogP contribution in [0.3, 0.4) is 0 Å². The quantitative estimate of drug-likeness (QED) is 0.723. The van der Waals surface area contributed by atoms with Crippen molar-refractivity contribution in [2.45, 2.75) is 25.9 Å². The van der Waals surface area contributed by atoms with E-state index in [1.165, 1.54) is 17.5 Å². The maximum Gasteiger partial charge on any atom is 0.0952 e. The van der Waals surface area contributed by atoms with Crippen LogP contribution in [0.1, 0.15) is 30.6 Å². The minimum absolute atomic E-state index is 0.231. The average Bonchev–Trinajstić information content (AvgIpc) is 2.43. The summed E-state index contributed by atoms with van der Waals surface area (Å²) in [5.74, 6) is 0. The number of fused-ring (bicyclic) bond motifs is 1. The third-order valence-electron chi connectivity index (χ3n) is 3.38. The van der Waals surface area contributed by atoms with Crippen LogP contribution in [-0.2, 0) is 11.2 Å². The molecule has 18 heavy (non-hydrogen) atoms. The Morgan fingerprint density at radius 3 is 2.94 bits per heavy atom. The van der Waals surface area contributed by atoms with Crippen LogP contribution in [0.4, 0.5) is 0 Å². The van der Waals surface area contributed by atoms with Gasteiger partial charge in [0, 0.05) is 6.54 Å². The predicted octanol–water partition coefficient (Wildman–Crippen LogP) is 1.89. The molecule has 2 N–H and O–H groups in total. The van der Waals surface area contributed by atoms with Gasteiger partial charge in [0.15, 0.2) is 0 Å². The molecule has 0 saturated carbocycles. The molecule has 1 aliphatic heterocycles. The lowest BCUT2D eigenvalue weighted by Gasteiger charge is -2.26. The largest absolute Gasteiger partial charge is 0.372 e. The molecule has 0 bridgehead atoms. The molecular weight excluding hydrogens is 224 g/mol. The third kappa shape index (κ3) is 3.80. The summed E-state index contributed by atoms with van der Waals surface area (Å²) in [4.78, 5) is 0. The maximum atomic E-state index is 5.85. The Balaban J connectivity index is 1.74. The van der Waals surface area contributed by atoms with Crippen LogP contribution in [0.2, 0.25) is 0 Å². The van der Waals surface area contributed by atoms with Gasteiger partial charge in [-0.2, -0.15) is 0 Å². The summed E-state index contributed by atoms with van der Waals surface area (Å²) in [5.41, 5.74) is 2.81. The highest BCUT2D eigenvalue weighted by Crippen LogP contribution is 2.25. The van der Waals surface area contributed by atoms with Crippen molar-refractivity contribution in [3.05, 3.63) is 35.4 Å². The summed E-state index contributed by atoms with van der Waals surface area (Å²) in [5, 5.41) is 6.82. The summed E-state index contributed by atoms with van der Waals surface area (Å²) in [6.07, 6.45) is 2.45. The molecule has 0 amide bonds. The Kier molecular flexibility index (Phi) is 5.65. The topological polar surface area (TPSA) is 33.3 Å². The third-order valence-corrected chi connectivity index (χ3v) is 3.38. The Bertz CT molecular complexity index is 354. The Morgan fingerprint density at radius 1 is 1.22 bits per heavy atom. The van der Waals surface area contributed by atoms with Gasteiger partial charge in [-0.25, -0.2) is 0 Å². The highest BCUT2D eigenvalue weighted by atomic mass is 16.5. The fourth-order valence-corrected chi connectivity index (χ4v) is 2.39. The Hall–Kier alpha value is -0.900. The van der Waals surface area contributed by atoms with Gasteiger partial charge in [0.25, 0.3) is 0 Å². The number of nitrogens with one attached hydrogen (secondary N) is 2. The van der Waals surface area contributed by atoms with Crippen LogP contribution in [0.25, 0.3) is 0 Å². The van der Waals surface area contributed by atoms with E-state index in [4.69, 9.17) is 4.74 Å². The normalized spacial score (nSPS) is 18.6. The molecule has 0 saturated heterocycles. The van der Waals surface area contributed by atoms with E-state index in [0.717, 1.165) is 39.2 Å². The van der Waals surface area contributed by atoms with Crippen molar-refractivity contribution in [3.8, 4) is 0 Å². The number of hydrogen-bond acceptors (Lipinski definition) is 3. The fourth-order valence-electron chi connectivity index (χ4n) is 2.39. The van der Waals surface area contributed by atoms with Gasteiger partial charge in [0.05, 0.1) is 12.7 Å². The maximum absolute atomic E-state index is 5.85. The molecule has 1 aromatic carbocycles. The second kappa shape index (κ2) is 7.52. The fraction of sp³-hybridized carbons (Fsp3) is 0.600. The van der Waals surface area contributed by atoms with E-state index in [1.54, 1.807) is 0 Å². The van der Waals surface area contributed by atoms with Gasteiger partial charge in [0.1, 0.15) is 0 Å². The van der Waals surface area contributed by atoms with Crippen LogP contribution in [0, 0.1) is 0 Å². The predicted molar refractivity (Wildman–Crippen MR) is 74.9 cm³/mol. The lowest BCUT2D eigenvalue weighted by Crippen LogP contribution is -2.29. The lowest BCUT2D eigenvalue weighted by atomic mass is 9.97. The molecule has 1 atom stereocenters. The van der Waals surface area contributed by atoms with Gasteiger partial charge in [-0.15, -0.1) is 0 Å². The number of rotatable bonds is 7. The minimum atomic E-state index is 0.231. The van der Waals surface area contributed by atoms with Crippen molar-refractivity contribution < 1.29 is 4.74 Å². The number of benzene rings is 1. The van der Waals surface area contributed by atoms with Crippen molar-refractivity contribution >= 4 is 0 Å². The zero-order valence-corrected chi connectivity index (χ0v) is 11.2. The Labute approximate surface area is 110 Å². The highest BCUT2D eigenvalue weighted by Gasteiger charge is 2.19. The average molecular weight is 248 g/mol. The van der Waals surface area contributed by atoms with Crippen LogP contribution < -0.4 is 10.6 Å². The van der Waals surface area contributed by atoms with Gasteiger partial charge in [-0.1, -0.05) is 31.2 Å². The second-order valence-corrected chi connectivity index (χ2v) is 4.72. The first-order valence-electron chi connectivity index (χ1n) is 7.02. The van der Waals surface area contributed by atoms with Crippen LogP contribution in [0.5, 0.6) is 0 Å². The van der Waals surface area contributed by atoms with E-state index in [9.17, 15) is 0 Å². The molecule has 2 rings (SSSR count). The van der Waals surface area contributed by atoms with Crippen molar-refractivity contribution in [2.24, 2.45) is 0 Å². The van der Waals surface area contributed by atoms with Crippen molar-refractivity contribution in [2.75, 3.05) is 32.8 Å². The molecule has 1 aromatic rings. The van der Waals surface area contributed by atoms with Gasteiger partial charge < -0.3 is 15.4 Å².